The topological polar surface area (TPSA) is 77.5 Å². The first-order valence-electron chi connectivity index (χ1n) is 9.03. The van der Waals surface area contributed by atoms with Crippen LogP contribution in [0.25, 0.3) is 10.9 Å². The molecule has 7 heteroatoms. The van der Waals surface area contributed by atoms with E-state index in [9.17, 15) is 0 Å². The lowest BCUT2D eigenvalue weighted by Gasteiger charge is -2.20. The Balaban J connectivity index is 1.40. The Hall–Kier alpha value is -3.19. The van der Waals surface area contributed by atoms with Crippen molar-refractivity contribution < 1.29 is 14.6 Å². The van der Waals surface area contributed by atoms with Crippen LogP contribution in [-0.2, 0) is 6.54 Å². The highest BCUT2D eigenvalue weighted by Crippen LogP contribution is 2.16. The van der Waals surface area contributed by atoms with Crippen molar-refractivity contribution in [2.45, 2.75) is 13.5 Å². The van der Waals surface area contributed by atoms with E-state index in [0.29, 0.717) is 5.95 Å². The number of nitrogens with zero attached hydrogens (tertiary/aromatic N) is 2. The van der Waals surface area contributed by atoms with E-state index >= 15 is 0 Å². The molecular weight excluding hydrogens is 340 g/mol. The second kappa shape index (κ2) is 7.59. The van der Waals surface area contributed by atoms with E-state index in [2.05, 4.69) is 37.7 Å². The summed E-state index contributed by atoms with van der Waals surface area (Å²) in [6.07, 6.45) is 0. The summed E-state index contributed by atoms with van der Waals surface area (Å²) in [4.78, 5) is 13.9. The highest BCUT2D eigenvalue weighted by Gasteiger charge is 2.21. The molecule has 0 fully saturated rings. The fourth-order valence-corrected chi connectivity index (χ4v) is 3.20. The first-order valence-corrected chi connectivity index (χ1v) is 9.03. The zero-order valence-electron chi connectivity index (χ0n) is 15.5. The second-order valence-corrected chi connectivity index (χ2v) is 6.63. The van der Waals surface area contributed by atoms with Gasteiger partial charge in [-0.2, -0.15) is 4.98 Å². The maximum absolute atomic E-state index is 5.21. The molecule has 1 aliphatic rings. The van der Waals surface area contributed by atoms with Gasteiger partial charge in [-0.15, -0.1) is 0 Å². The number of rotatable bonds is 4. The van der Waals surface area contributed by atoms with Gasteiger partial charge in [0.1, 0.15) is 12.3 Å². The van der Waals surface area contributed by atoms with Crippen LogP contribution < -0.4 is 25.3 Å². The molecule has 1 unspecified atom stereocenters. The minimum Gasteiger partial charge on any atom is -0.497 e. The van der Waals surface area contributed by atoms with E-state index in [1.54, 1.807) is 7.11 Å². The fraction of sp³-hybridized carbons (Fsp3) is 0.250. The Kier molecular flexibility index (Phi) is 4.84. The van der Waals surface area contributed by atoms with E-state index in [1.807, 2.05) is 43.3 Å². The lowest BCUT2D eigenvalue weighted by molar-refractivity contribution is -0.991. The number of benzene rings is 2. The van der Waals surface area contributed by atoms with Crippen LogP contribution >= 0.6 is 0 Å². The summed E-state index contributed by atoms with van der Waals surface area (Å²) in [5.74, 6) is 2.32. The van der Waals surface area contributed by atoms with Gasteiger partial charge in [0, 0.05) is 10.9 Å². The Morgan fingerprint density at radius 3 is 2.70 bits per heavy atom. The van der Waals surface area contributed by atoms with Crippen molar-refractivity contribution in [2.75, 3.05) is 25.8 Å². The number of methoxy groups -OCH3 is 1. The Bertz CT molecular complexity index is 970. The van der Waals surface area contributed by atoms with Crippen molar-refractivity contribution in [3.05, 3.63) is 59.8 Å². The zero-order chi connectivity index (χ0) is 18.6. The molecule has 7 nitrogen and oxygen atoms in total. The Labute approximate surface area is 158 Å². The first-order chi connectivity index (χ1) is 13.2. The van der Waals surface area contributed by atoms with Crippen LogP contribution in [0.4, 0.5) is 5.95 Å². The standard InChI is InChI=1S/C20H22N6O/c1-14-17-5-3-4-6-18(17)24-20(23-14)25-19-21-12-26(13-22-19)11-15-7-9-16(27-2)10-8-15/h3-10H,11-13H2,1-2H3,(H2,21,22,23,24,25)/p+2. The van der Waals surface area contributed by atoms with Gasteiger partial charge in [-0.05, 0) is 37.3 Å². The number of aromatic nitrogens is 2. The third-order valence-corrected chi connectivity index (χ3v) is 4.67. The van der Waals surface area contributed by atoms with Crippen LogP contribution in [0.15, 0.2) is 48.5 Å². The Morgan fingerprint density at radius 2 is 1.96 bits per heavy atom. The van der Waals surface area contributed by atoms with Crippen LogP contribution in [0.2, 0.25) is 0 Å². The van der Waals surface area contributed by atoms with Crippen LogP contribution in [0.1, 0.15) is 11.3 Å². The van der Waals surface area contributed by atoms with Gasteiger partial charge in [-0.25, -0.2) is 20.6 Å². The minimum absolute atomic E-state index is 0.597. The summed E-state index contributed by atoms with van der Waals surface area (Å²) in [6, 6.07) is 16.2. The van der Waals surface area contributed by atoms with Gasteiger partial charge in [0.15, 0.2) is 13.3 Å². The van der Waals surface area contributed by atoms with Crippen LogP contribution in [0.5, 0.6) is 5.75 Å². The number of ether oxygens (including phenoxy) is 1. The molecule has 27 heavy (non-hydrogen) atoms. The number of nitrogens with one attached hydrogen (secondary N) is 4. The van der Waals surface area contributed by atoms with Crippen molar-refractivity contribution in [1.82, 2.24) is 15.3 Å². The number of hydrogen-bond donors (Lipinski definition) is 4. The van der Waals surface area contributed by atoms with Crippen molar-refractivity contribution in [3.8, 4) is 5.75 Å². The fourth-order valence-electron chi connectivity index (χ4n) is 3.20. The summed E-state index contributed by atoms with van der Waals surface area (Å²) in [6.45, 7) is 4.56. The molecule has 138 valence electrons. The van der Waals surface area contributed by atoms with Crippen LogP contribution in [0.3, 0.4) is 0 Å². The number of aryl methyl sites for hydroxylation is 1. The SMILES string of the molecule is COc1ccc(C[NH+]2CNC(Nc3nc(C)c4ccccc4n3)=[NH+]C2)cc1. The summed E-state index contributed by atoms with van der Waals surface area (Å²) >= 11 is 0. The molecule has 0 saturated carbocycles. The van der Waals surface area contributed by atoms with E-state index < -0.39 is 0 Å². The molecule has 0 aliphatic carbocycles. The van der Waals surface area contributed by atoms with Crippen LogP contribution in [-0.4, -0.2) is 36.4 Å². The third kappa shape index (κ3) is 3.98. The molecule has 0 bridgehead atoms. The molecule has 3 aromatic rings. The highest BCUT2D eigenvalue weighted by molar-refractivity contribution is 5.89. The van der Waals surface area contributed by atoms with E-state index in [4.69, 9.17) is 4.74 Å². The van der Waals surface area contributed by atoms with Crippen molar-refractivity contribution in [1.29, 1.82) is 0 Å². The smallest absolute Gasteiger partial charge is 0.359 e. The van der Waals surface area contributed by atoms with E-state index in [-0.39, 0.29) is 0 Å². The predicted octanol–water partition coefficient (Wildman–Crippen LogP) is -0.601. The largest absolute Gasteiger partial charge is 0.497 e. The molecule has 0 radical (unpaired) electrons. The van der Waals surface area contributed by atoms with E-state index in [1.165, 1.54) is 10.5 Å². The normalized spacial score (nSPS) is 16.5. The van der Waals surface area contributed by atoms with Gasteiger partial charge in [0.2, 0.25) is 0 Å². The van der Waals surface area contributed by atoms with Crippen molar-refractivity contribution >= 4 is 22.8 Å². The summed E-state index contributed by atoms with van der Waals surface area (Å²) in [5.41, 5.74) is 3.18. The van der Waals surface area contributed by atoms with Gasteiger partial charge < -0.3 is 4.74 Å². The molecule has 1 aliphatic heterocycles. The predicted molar refractivity (Wildman–Crippen MR) is 104 cm³/mol. The monoisotopic (exact) mass is 364 g/mol. The maximum Gasteiger partial charge on any atom is 0.359 e. The first kappa shape index (κ1) is 17.2. The highest BCUT2D eigenvalue weighted by atomic mass is 16.5. The number of para-hydroxylation sites is 1. The summed E-state index contributed by atoms with van der Waals surface area (Å²) in [5, 5.41) is 7.71. The molecule has 0 saturated heterocycles. The second-order valence-electron chi connectivity index (χ2n) is 6.63. The maximum atomic E-state index is 5.21. The molecule has 0 spiro atoms. The van der Waals surface area contributed by atoms with Crippen molar-refractivity contribution in [3.63, 3.8) is 0 Å². The average molecular weight is 364 g/mol. The van der Waals surface area contributed by atoms with Gasteiger partial charge in [-0.1, -0.05) is 18.2 Å². The molecule has 1 atom stereocenters. The molecule has 4 N–H and O–H groups in total. The summed E-state index contributed by atoms with van der Waals surface area (Å²) in [7, 11) is 1.68. The molecular formula is C20H24N6O+2. The van der Waals surface area contributed by atoms with Crippen molar-refractivity contribution in [2.24, 2.45) is 0 Å². The van der Waals surface area contributed by atoms with Gasteiger partial charge >= 0.3 is 5.96 Å². The van der Waals surface area contributed by atoms with Crippen LogP contribution in [0, 0.1) is 6.92 Å². The lowest BCUT2D eigenvalue weighted by atomic mass is 10.2. The number of quaternary nitrogens is 1. The van der Waals surface area contributed by atoms with E-state index in [0.717, 1.165) is 48.2 Å². The quantitative estimate of drug-likeness (QED) is 0.497. The molecule has 1 aromatic heterocycles. The Morgan fingerprint density at radius 1 is 1.15 bits per heavy atom. The third-order valence-electron chi connectivity index (χ3n) is 4.67. The summed E-state index contributed by atoms with van der Waals surface area (Å²) < 4.78 is 5.21. The van der Waals surface area contributed by atoms with Gasteiger partial charge in [-0.3, -0.25) is 4.90 Å². The molecule has 2 aromatic carbocycles. The number of hydrogen-bond acceptors (Lipinski definition) is 5. The number of guanidine groups is 1. The minimum atomic E-state index is 0.597. The van der Waals surface area contributed by atoms with Gasteiger partial charge in [0.25, 0.3) is 5.95 Å². The molecule has 0 amide bonds. The zero-order valence-corrected chi connectivity index (χ0v) is 15.5. The number of anilines is 1. The molecule has 4 rings (SSSR count). The average Bonchev–Trinajstić information content (AvgIpc) is 2.70. The lowest BCUT2D eigenvalue weighted by Crippen LogP contribution is -3.23. The molecule has 2 heterocycles. The number of fused-ring (bicyclic) bond motifs is 1. The van der Waals surface area contributed by atoms with Gasteiger partial charge in [0.05, 0.1) is 18.3 Å².